The Morgan fingerprint density at radius 2 is 2.08 bits per heavy atom. The Balaban J connectivity index is 2.01. The van der Waals surface area contributed by atoms with Gasteiger partial charge in [-0.1, -0.05) is 54.3 Å². The van der Waals surface area contributed by atoms with Crippen LogP contribution in [0.2, 0.25) is 0 Å². The molecule has 7 heteroatoms. The fourth-order valence-corrected chi connectivity index (χ4v) is 3.92. The van der Waals surface area contributed by atoms with Crippen molar-refractivity contribution in [3.63, 3.8) is 0 Å². The molecular weight excluding hydrogens is 358 g/mol. The van der Waals surface area contributed by atoms with Gasteiger partial charge < -0.3 is 14.6 Å². The number of carboxylic acid groups (broad SMARTS) is 1. The quantitative estimate of drug-likeness (QED) is 0.592. The van der Waals surface area contributed by atoms with Crippen LogP contribution in [-0.4, -0.2) is 34.8 Å². The molecule has 2 aromatic carbocycles. The standard InChI is InChI=1S/C18H15NO4S2/c1-23-14-7-6-11-4-2-3-5-12(11)13(14)10-15-17(22)19(18(24)25-15)9-8-16(20)21/h2-7,10H,8-9H2,1H3,(H,20,21)/p-1/b15-10-. The third kappa shape index (κ3) is 3.52. The third-order valence-electron chi connectivity index (χ3n) is 3.84. The highest BCUT2D eigenvalue weighted by Crippen LogP contribution is 2.36. The van der Waals surface area contributed by atoms with Crippen LogP contribution in [-0.2, 0) is 9.59 Å². The molecule has 0 aliphatic carbocycles. The summed E-state index contributed by atoms with van der Waals surface area (Å²) in [5.41, 5.74) is 0.793. The normalized spacial score (nSPS) is 16.0. The number of carboxylic acids is 1. The number of aliphatic carboxylic acids is 1. The first-order valence-corrected chi connectivity index (χ1v) is 8.74. The smallest absolute Gasteiger partial charge is 0.266 e. The van der Waals surface area contributed by atoms with Gasteiger partial charge in [-0.2, -0.15) is 0 Å². The minimum atomic E-state index is -1.21. The lowest BCUT2D eigenvalue weighted by Crippen LogP contribution is -2.33. The van der Waals surface area contributed by atoms with Crippen molar-refractivity contribution in [2.24, 2.45) is 0 Å². The average molecular weight is 372 g/mol. The summed E-state index contributed by atoms with van der Waals surface area (Å²) in [6, 6.07) is 11.6. The fourth-order valence-electron chi connectivity index (χ4n) is 2.63. The Labute approximate surface area is 154 Å². The van der Waals surface area contributed by atoms with Gasteiger partial charge in [0.25, 0.3) is 5.91 Å². The molecule has 0 bridgehead atoms. The predicted octanol–water partition coefficient (Wildman–Crippen LogP) is 2.19. The SMILES string of the molecule is COc1ccc2ccccc2c1/C=C1\SC(=S)N(CCC(=O)[O-])C1=O. The topological polar surface area (TPSA) is 69.7 Å². The van der Waals surface area contributed by atoms with Gasteiger partial charge in [0.2, 0.25) is 0 Å². The van der Waals surface area contributed by atoms with Crippen LogP contribution in [0.1, 0.15) is 12.0 Å². The van der Waals surface area contributed by atoms with E-state index >= 15 is 0 Å². The summed E-state index contributed by atoms with van der Waals surface area (Å²) in [6.45, 7) is 0.0109. The number of benzene rings is 2. The number of hydrogen-bond acceptors (Lipinski definition) is 6. The van der Waals surface area contributed by atoms with E-state index in [9.17, 15) is 14.7 Å². The zero-order valence-electron chi connectivity index (χ0n) is 13.4. The van der Waals surface area contributed by atoms with Gasteiger partial charge in [-0.3, -0.25) is 9.69 Å². The van der Waals surface area contributed by atoms with Crippen LogP contribution in [0.15, 0.2) is 41.3 Å². The molecule has 0 radical (unpaired) electrons. The van der Waals surface area contributed by atoms with Crippen molar-refractivity contribution < 1.29 is 19.4 Å². The Hall–Kier alpha value is -2.38. The molecule has 0 aromatic heterocycles. The zero-order valence-corrected chi connectivity index (χ0v) is 15.0. The second-order valence-corrected chi connectivity index (χ2v) is 7.03. The van der Waals surface area contributed by atoms with E-state index in [0.717, 1.165) is 28.1 Å². The number of hydrogen-bond donors (Lipinski definition) is 0. The highest BCUT2D eigenvalue weighted by atomic mass is 32.2. The van der Waals surface area contributed by atoms with E-state index < -0.39 is 5.97 Å². The number of methoxy groups -OCH3 is 1. The summed E-state index contributed by atoms with van der Waals surface area (Å²) in [4.78, 5) is 24.9. The lowest BCUT2D eigenvalue weighted by molar-refractivity contribution is -0.305. The fraction of sp³-hybridized carbons (Fsp3) is 0.167. The Morgan fingerprint density at radius 1 is 1.32 bits per heavy atom. The highest BCUT2D eigenvalue weighted by molar-refractivity contribution is 8.26. The molecule has 1 heterocycles. The lowest BCUT2D eigenvalue weighted by atomic mass is 10.0. The van der Waals surface area contributed by atoms with Crippen LogP contribution in [0.5, 0.6) is 5.75 Å². The van der Waals surface area contributed by atoms with E-state index in [-0.39, 0.29) is 18.9 Å². The summed E-state index contributed by atoms with van der Waals surface area (Å²) in [5.74, 6) is -0.862. The second-order valence-electron chi connectivity index (χ2n) is 5.36. The Kier molecular flexibility index (Phi) is 5.06. The van der Waals surface area contributed by atoms with E-state index in [1.807, 2.05) is 36.4 Å². The number of fused-ring (bicyclic) bond motifs is 1. The van der Waals surface area contributed by atoms with Crippen LogP contribution in [0.3, 0.4) is 0 Å². The molecule has 0 atom stereocenters. The van der Waals surface area contributed by atoms with E-state index in [1.54, 1.807) is 13.2 Å². The summed E-state index contributed by atoms with van der Waals surface area (Å²) in [5, 5.41) is 12.6. The lowest BCUT2D eigenvalue weighted by Gasteiger charge is -2.14. The molecule has 25 heavy (non-hydrogen) atoms. The van der Waals surface area contributed by atoms with Crippen LogP contribution in [0, 0.1) is 0 Å². The molecular formula is C18H14NO4S2-. The molecule has 1 fully saturated rings. The number of carbonyl (C=O) groups excluding carboxylic acids is 2. The molecule has 2 aromatic rings. The van der Waals surface area contributed by atoms with Gasteiger partial charge in [-0.25, -0.2) is 0 Å². The van der Waals surface area contributed by atoms with Gasteiger partial charge in [0.1, 0.15) is 10.1 Å². The van der Waals surface area contributed by atoms with Crippen LogP contribution < -0.4 is 9.84 Å². The third-order valence-corrected chi connectivity index (χ3v) is 5.22. The molecule has 1 saturated heterocycles. The van der Waals surface area contributed by atoms with Gasteiger partial charge in [-0.05, 0) is 22.9 Å². The van der Waals surface area contributed by atoms with Crippen LogP contribution in [0.25, 0.3) is 16.8 Å². The first kappa shape index (κ1) is 17.4. The van der Waals surface area contributed by atoms with Gasteiger partial charge >= 0.3 is 0 Å². The monoisotopic (exact) mass is 372 g/mol. The van der Waals surface area contributed by atoms with Gasteiger partial charge in [-0.15, -0.1) is 0 Å². The van der Waals surface area contributed by atoms with Gasteiger partial charge in [0.15, 0.2) is 0 Å². The first-order valence-electron chi connectivity index (χ1n) is 7.52. The van der Waals surface area contributed by atoms with Crippen molar-refractivity contribution in [3.05, 3.63) is 46.9 Å². The molecule has 1 aliphatic rings. The average Bonchev–Trinajstić information content (AvgIpc) is 2.86. The van der Waals surface area contributed by atoms with Gasteiger partial charge in [0.05, 0.1) is 12.0 Å². The first-order chi connectivity index (χ1) is 12.0. The number of carbonyl (C=O) groups is 2. The summed E-state index contributed by atoms with van der Waals surface area (Å²) in [6.07, 6.45) is 1.50. The highest BCUT2D eigenvalue weighted by Gasteiger charge is 2.32. The van der Waals surface area contributed by atoms with Crippen molar-refractivity contribution in [1.29, 1.82) is 0 Å². The van der Waals surface area contributed by atoms with Crippen molar-refractivity contribution in [2.75, 3.05) is 13.7 Å². The van der Waals surface area contributed by atoms with Crippen LogP contribution in [0.4, 0.5) is 0 Å². The molecule has 5 nitrogen and oxygen atoms in total. The van der Waals surface area contributed by atoms with E-state index in [2.05, 4.69) is 0 Å². The molecule has 128 valence electrons. The molecule has 0 saturated carbocycles. The molecule has 3 rings (SSSR count). The molecule has 1 aliphatic heterocycles. The summed E-state index contributed by atoms with van der Waals surface area (Å²) in [7, 11) is 1.58. The number of thioether (sulfide) groups is 1. The van der Waals surface area contributed by atoms with Crippen molar-refractivity contribution in [2.45, 2.75) is 6.42 Å². The number of thiocarbonyl (C=S) groups is 1. The molecule has 0 unspecified atom stereocenters. The number of nitrogens with zero attached hydrogens (tertiary/aromatic N) is 1. The summed E-state index contributed by atoms with van der Waals surface area (Å²) >= 11 is 6.36. The number of ether oxygens (including phenoxy) is 1. The van der Waals surface area contributed by atoms with Crippen LogP contribution >= 0.6 is 24.0 Å². The molecule has 0 N–H and O–H groups in total. The predicted molar refractivity (Wildman–Crippen MR) is 100 cm³/mol. The zero-order chi connectivity index (χ0) is 18.0. The molecule has 0 spiro atoms. The Bertz CT molecular complexity index is 907. The number of rotatable bonds is 5. The minimum absolute atomic E-state index is 0.0109. The maximum Gasteiger partial charge on any atom is 0.266 e. The minimum Gasteiger partial charge on any atom is -0.550 e. The van der Waals surface area contributed by atoms with Crippen molar-refractivity contribution in [1.82, 2.24) is 4.90 Å². The van der Waals surface area contributed by atoms with Gasteiger partial charge in [0, 0.05) is 24.5 Å². The van der Waals surface area contributed by atoms with Crippen molar-refractivity contribution in [3.8, 4) is 5.75 Å². The largest absolute Gasteiger partial charge is 0.550 e. The van der Waals surface area contributed by atoms with E-state index in [1.165, 1.54) is 4.90 Å². The van der Waals surface area contributed by atoms with Crippen molar-refractivity contribution >= 4 is 57.0 Å². The molecule has 1 amide bonds. The maximum atomic E-state index is 12.6. The maximum absolute atomic E-state index is 12.6. The Morgan fingerprint density at radius 3 is 2.80 bits per heavy atom. The van der Waals surface area contributed by atoms with E-state index in [4.69, 9.17) is 17.0 Å². The van der Waals surface area contributed by atoms with E-state index in [0.29, 0.717) is 15.0 Å². The summed E-state index contributed by atoms with van der Waals surface area (Å²) < 4.78 is 5.78. The number of amides is 1. The second kappa shape index (κ2) is 7.25.